The van der Waals surface area contributed by atoms with Crippen molar-refractivity contribution in [3.05, 3.63) is 101 Å². The van der Waals surface area contributed by atoms with Gasteiger partial charge < -0.3 is 10.5 Å². The van der Waals surface area contributed by atoms with Crippen molar-refractivity contribution in [2.45, 2.75) is 40.3 Å². The Morgan fingerprint density at radius 1 is 0.905 bits per heavy atom. The number of halogens is 2. The quantitative estimate of drug-likeness (QED) is 0.258. The summed E-state index contributed by atoms with van der Waals surface area (Å²) in [7, 11) is 0. The second kappa shape index (κ2) is 11.0. The van der Waals surface area contributed by atoms with Crippen LogP contribution in [0.1, 0.15) is 40.1 Å². The van der Waals surface area contributed by atoms with Crippen molar-refractivity contribution >= 4 is 27.8 Å². The minimum atomic E-state index is -0.700. The number of benzene rings is 3. The molecule has 0 bridgehead atoms. The molecule has 3 aromatic carbocycles. The second-order valence-corrected chi connectivity index (χ2v) is 9.82. The van der Waals surface area contributed by atoms with Gasteiger partial charge in [-0.1, -0.05) is 31.7 Å². The Labute approximate surface area is 240 Å². The lowest BCUT2D eigenvalue weighted by atomic mass is 10.1. The van der Waals surface area contributed by atoms with Crippen LogP contribution in [0.5, 0.6) is 5.75 Å². The maximum atomic E-state index is 15.0. The molecule has 2 N–H and O–H groups in total. The number of anilines is 1. The normalized spacial score (nSPS) is 12.0. The van der Waals surface area contributed by atoms with E-state index >= 15 is 0 Å². The molecule has 0 amide bonds. The van der Waals surface area contributed by atoms with Crippen LogP contribution in [0.15, 0.2) is 77.9 Å². The van der Waals surface area contributed by atoms with E-state index in [4.69, 9.17) is 20.6 Å². The summed E-state index contributed by atoms with van der Waals surface area (Å²) < 4.78 is 38.3. The molecule has 0 spiro atoms. The van der Waals surface area contributed by atoms with Gasteiger partial charge in [0.2, 0.25) is 0 Å². The van der Waals surface area contributed by atoms with Crippen LogP contribution in [0, 0.1) is 11.6 Å². The van der Waals surface area contributed by atoms with Gasteiger partial charge in [-0.2, -0.15) is 5.10 Å². The van der Waals surface area contributed by atoms with Gasteiger partial charge >= 0.3 is 0 Å². The molecule has 0 aliphatic rings. The lowest BCUT2D eigenvalue weighted by molar-refractivity contribution is 0.231. The molecule has 0 aliphatic carbocycles. The molecular weight excluding hydrogens is 540 g/mol. The number of hydrogen-bond donors (Lipinski definition) is 1. The van der Waals surface area contributed by atoms with Crippen molar-refractivity contribution in [3.63, 3.8) is 0 Å². The smallest absolute Gasteiger partial charge is 0.269 e. The Kier molecular flexibility index (Phi) is 7.42. The highest BCUT2D eigenvalue weighted by molar-refractivity contribution is 5.98. The van der Waals surface area contributed by atoms with E-state index in [0.717, 1.165) is 0 Å². The number of fused-ring (bicyclic) bond motifs is 2. The van der Waals surface area contributed by atoms with Crippen LogP contribution in [0.2, 0.25) is 0 Å². The Morgan fingerprint density at radius 2 is 1.67 bits per heavy atom. The van der Waals surface area contributed by atoms with Crippen LogP contribution in [0.3, 0.4) is 0 Å². The molecule has 0 saturated carbocycles. The third kappa shape index (κ3) is 4.72. The van der Waals surface area contributed by atoms with Gasteiger partial charge in [-0.05, 0) is 63.2 Å². The molecule has 42 heavy (non-hydrogen) atoms. The van der Waals surface area contributed by atoms with Gasteiger partial charge in [0.1, 0.15) is 40.9 Å². The molecule has 1 atom stereocenters. The van der Waals surface area contributed by atoms with E-state index in [9.17, 15) is 13.6 Å². The van der Waals surface area contributed by atoms with E-state index in [0.29, 0.717) is 33.8 Å². The fourth-order valence-corrected chi connectivity index (χ4v) is 4.89. The Balaban J connectivity index is 0.00000353. The van der Waals surface area contributed by atoms with Crippen LogP contribution < -0.4 is 16.0 Å². The van der Waals surface area contributed by atoms with Gasteiger partial charge in [-0.25, -0.2) is 28.4 Å². The summed E-state index contributed by atoms with van der Waals surface area (Å²) in [5.74, 6) is -0.661. The van der Waals surface area contributed by atoms with Crippen molar-refractivity contribution in [1.29, 1.82) is 0 Å². The first-order chi connectivity index (χ1) is 19.7. The monoisotopic (exact) mass is 569 g/mol. The topological polar surface area (TPSA) is 114 Å². The standard InChI is InChI=1S/C30H25F2N7O2.CH4/c1-16(2)41-23-13-12-18(14-21(23)32)26-25-27(33)34-15-35-29(25)39(37-26)17(3)28-36-22-11-7-10-20(31)24(22)30(40)38(28)19-8-5-4-6-9-19;/h4-17H,1-3H3,(H2,33,34,35);1H4/t17-;/m0./s1. The van der Waals surface area contributed by atoms with Gasteiger partial charge in [0, 0.05) is 5.56 Å². The minimum absolute atomic E-state index is 0. The van der Waals surface area contributed by atoms with Crippen LogP contribution in [-0.4, -0.2) is 35.4 Å². The van der Waals surface area contributed by atoms with Crippen molar-refractivity contribution in [1.82, 2.24) is 29.3 Å². The number of nitrogen functional groups attached to an aromatic ring is 1. The first-order valence-electron chi connectivity index (χ1n) is 13.0. The second-order valence-electron chi connectivity index (χ2n) is 9.82. The molecule has 0 fully saturated rings. The number of aromatic nitrogens is 6. The highest BCUT2D eigenvalue weighted by Gasteiger charge is 2.26. The maximum absolute atomic E-state index is 15.0. The van der Waals surface area contributed by atoms with E-state index in [2.05, 4.69) is 9.97 Å². The number of rotatable bonds is 6. The van der Waals surface area contributed by atoms with E-state index in [1.807, 2.05) is 19.9 Å². The molecule has 0 saturated heterocycles. The van der Waals surface area contributed by atoms with Crippen molar-refractivity contribution in [2.24, 2.45) is 0 Å². The molecule has 9 nitrogen and oxygen atoms in total. The zero-order valence-electron chi connectivity index (χ0n) is 22.4. The molecule has 6 rings (SSSR count). The molecule has 3 heterocycles. The van der Waals surface area contributed by atoms with E-state index in [1.54, 1.807) is 48.0 Å². The van der Waals surface area contributed by atoms with Crippen molar-refractivity contribution < 1.29 is 13.5 Å². The summed E-state index contributed by atoms with van der Waals surface area (Å²) in [6.07, 6.45) is 1.10. The molecule has 6 aromatic rings. The molecular formula is C31H29F2N7O2. The van der Waals surface area contributed by atoms with E-state index in [1.165, 1.54) is 35.2 Å². The first kappa shape index (κ1) is 28.3. The zero-order valence-corrected chi connectivity index (χ0v) is 22.4. The predicted molar refractivity (Wildman–Crippen MR) is 159 cm³/mol. The molecule has 214 valence electrons. The average molecular weight is 570 g/mol. The van der Waals surface area contributed by atoms with E-state index < -0.39 is 23.2 Å². The Hall–Kier alpha value is -5.19. The van der Waals surface area contributed by atoms with Gasteiger partial charge in [-0.3, -0.25) is 9.36 Å². The lowest BCUT2D eigenvalue weighted by Gasteiger charge is -2.19. The molecule has 0 unspecified atom stereocenters. The number of para-hydroxylation sites is 1. The summed E-state index contributed by atoms with van der Waals surface area (Å²) >= 11 is 0. The average Bonchev–Trinajstić information content (AvgIpc) is 3.35. The highest BCUT2D eigenvalue weighted by Crippen LogP contribution is 2.35. The number of ether oxygens (including phenoxy) is 1. The molecule has 11 heteroatoms. The first-order valence-corrected chi connectivity index (χ1v) is 13.0. The van der Waals surface area contributed by atoms with Crippen molar-refractivity contribution in [3.8, 4) is 22.7 Å². The lowest BCUT2D eigenvalue weighted by Crippen LogP contribution is -2.28. The zero-order chi connectivity index (χ0) is 28.8. The summed E-state index contributed by atoms with van der Waals surface area (Å²) in [6, 6.07) is 17.0. The van der Waals surface area contributed by atoms with E-state index in [-0.39, 0.29) is 36.0 Å². The Bertz CT molecular complexity index is 1990. The molecule has 3 aromatic heterocycles. The minimum Gasteiger partial charge on any atom is -0.488 e. The maximum Gasteiger partial charge on any atom is 0.269 e. The highest BCUT2D eigenvalue weighted by atomic mass is 19.1. The summed E-state index contributed by atoms with van der Waals surface area (Å²) in [4.78, 5) is 27.0. The number of hydrogen-bond acceptors (Lipinski definition) is 7. The van der Waals surface area contributed by atoms with Crippen molar-refractivity contribution in [2.75, 3.05) is 5.73 Å². The van der Waals surface area contributed by atoms with Gasteiger partial charge in [0.15, 0.2) is 17.2 Å². The molecule has 0 radical (unpaired) electrons. The van der Waals surface area contributed by atoms with Crippen LogP contribution in [0.4, 0.5) is 14.6 Å². The third-order valence-corrected chi connectivity index (χ3v) is 6.71. The largest absolute Gasteiger partial charge is 0.488 e. The summed E-state index contributed by atoms with van der Waals surface area (Å²) in [5.41, 5.74) is 7.57. The third-order valence-electron chi connectivity index (χ3n) is 6.71. The molecule has 0 aliphatic heterocycles. The van der Waals surface area contributed by atoms with Gasteiger partial charge in [0.05, 0.1) is 22.7 Å². The van der Waals surface area contributed by atoms with Crippen LogP contribution >= 0.6 is 0 Å². The fourth-order valence-electron chi connectivity index (χ4n) is 4.89. The number of nitrogens with two attached hydrogens (primary N) is 1. The predicted octanol–water partition coefficient (Wildman–Crippen LogP) is 6.09. The van der Waals surface area contributed by atoms with Crippen LogP contribution in [0.25, 0.3) is 38.9 Å². The SMILES string of the molecule is C.CC(C)Oc1ccc(-c2nn([C@@H](C)c3nc4cccc(F)c4c(=O)n3-c3ccccc3)c3ncnc(N)c23)cc1F. The number of nitrogens with zero attached hydrogens (tertiary/aromatic N) is 6. The van der Waals surface area contributed by atoms with Crippen LogP contribution in [-0.2, 0) is 0 Å². The van der Waals surface area contributed by atoms with Gasteiger partial charge in [-0.15, -0.1) is 0 Å². The van der Waals surface area contributed by atoms with Gasteiger partial charge in [0.25, 0.3) is 5.56 Å². The summed E-state index contributed by atoms with van der Waals surface area (Å²) in [6.45, 7) is 5.42. The Morgan fingerprint density at radius 3 is 2.38 bits per heavy atom. The summed E-state index contributed by atoms with van der Waals surface area (Å²) in [5, 5.41) is 5.08. The fraction of sp³-hybridized carbons (Fsp3) is 0.194.